The highest BCUT2D eigenvalue weighted by molar-refractivity contribution is 5.76. The zero-order valence-electron chi connectivity index (χ0n) is 9.19. The molecule has 1 aromatic carbocycles. The Morgan fingerprint density at radius 3 is 2.69 bits per heavy atom. The lowest BCUT2D eigenvalue weighted by molar-refractivity contribution is -0.383. The highest BCUT2D eigenvalue weighted by Crippen LogP contribution is 2.35. The number of nitrogens with zero attached hydrogens (tertiary/aromatic N) is 1. The van der Waals surface area contributed by atoms with Crippen LogP contribution < -0.4 is 10.6 Å². The third-order valence-corrected chi connectivity index (χ3v) is 2.52. The van der Waals surface area contributed by atoms with Crippen molar-refractivity contribution < 1.29 is 4.92 Å². The molecule has 1 aliphatic rings. The molecular formula is C11H15N3O2. The summed E-state index contributed by atoms with van der Waals surface area (Å²) in [6.45, 7) is 2.60. The molecule has 5 nitrogen and oxygen atoms in total. The summed E-state index contributed by atoms with van der Waals surface area (Å²) in [4.78, 5) is 10.7. The van der Waals surface area contributed by atoms with Crippen molar-refractivity contribution in [3.8, 4) is 0 Å². The molecule has 1 aliphatic carbocycles. The molecule has 2 N–H and O–H groups in total. The van der Waals surface area contributed by atoms with Gasteiger partial charge in [-0.05, 0) is 31.9 Å². The largest absolute Gasteiger partial charge is 0.380 e. The van der Waals surface area contributed by atoms with Gasteiger partial charge in [-0.15, -0.1) is 0 Å². The molecule has 1 saturated carbocycles. The smallest absolute Gasteiger partial charge is 0.315 e. The summed E-state index contributed by atoms with van der Waals surface area (Å²) in [5.74, 6) is 0. The maximum atomic E-state index is 11.0. The molecule has 0 unspecified atom stereocenters. The molecule has 2 rings (SSSR count). The van der Waals surface area contributed by atoms with Gasteiger partial charge in [0.05, 0.1) is 4.92 Å². The third kappa shape index (κ3) is 2.24. The van der Waals surface area contributed by atoms with Crippen LogP contribution in [0.25, 0.3) is 0 Å². The second-order valence-corrected chi connectivity index (χ2v) is 3.91. The van der Waals surface area contributed by atoms with Crippen molar-refractivity contribution in [2.75, 3.05) is 17.2 Å². The van der Waals surface area contributed by atoms with Gasteiger partial charge in [0, 0.05) is 12.6 Å². The fraction of sp³-hybridized carbons (Fsp3) is 0.455. The summed E-state index contributed by atoms with van der Waals surface area (Å²) >= 11 is 0. The molecule has 0 aromatic heterocycles. The van der Waals surface area contributed by atoms with E-state index in [9.17, 15) is 10.1 Å². The van der Waals surface area contributed by atoms with Crippen LogP contribution in [-0.2, 0) is 0 Å². The molecule has 0 amide bonds. The van der Waals surface area contributed by atoms with E-state index < -0.39 is 0 Å². The summed E-state index contributed by atoms with van der Waals surface area (Å²) in [5.41, 5.74) is 1.35. The Balaban J connectivity index is 2.33. The average Bonchev–Trinajstić information content (AvgIpc) is 3.02. The highest BCUT2D eigenvalue weighted by atomic mass is 16.6. The summed E-state index contributed by atoms with van der Waals surface area (Å²) in [5, 5.41) is 17.2. The number of nitro benzene ring substituents is 1. The van der Waals surface area contributed by atoms with Crippen LogP contribution in [0.4, 0.5) is 17.1 Å². The monoisotopic (exact) mass is 221 g/mol. The van der Waals surface area contributed by atoms with E-state index in [1.807, 2.05) is 13.0 Å². The van der Waals surface area contributed by atoms with Gasteiger partial charge in [0.2, 0.25) is 0 Å². The van der Waals surface area contributed by atoms with Crippen LogP contribution in [0.5, 0.6) is 0 Å². The van der Waals surface area contributed by atoms with Crippen molar-refractivity contribution in [3.05, 3.63) is 28.3 Å². The topological polar surface area (TPSA) is 67.2 Å². The van der Waals surface area contributed by atoms with Crippen molar-refractivity contribution in [2.45, 2.75) is 25.8 Å². The quantitative estimate of drug-likeness (QED) is 0.592. The van der Waals surface area contributed by atoms with Crippen LogP contribution in [0.3, 0.4) is 0 Å². The number of rotatable bonds is 5. The number of anilines is 2. The van der Waals surface area contributed by atoms with E-state index in [0.29, 0.717) is 24.0 Å². The van der Waals surface area contributed by atoms with Crippen LogP contribution in [0.1, 0.15) is 19.8 Å². The summed E-state index contributed by atoms with van der Waals surface area (Å²) in [6.07, 6.45) is 2.20. The van der Waals surface area contributed by atoms with Gasteiger partial charge < -0.3 is 10.6 Å². The Bertz CT molecular complexity index is 402. The SMILES string of the molecule is CCNc1cccc(NC2CC2)c1[N+](=O)[O-]. The number of hydrogen-bond donors (Lipinski definition) is 2. The molecule has 0 radical (unpaired) electrons. The van der Waals surface area contributed by atoms with Gasteiger partial charge >= 0.3 is 5.69 Å². The van der Waals surface area contributed by atoms with Crippen molar-refractivity contribution in [3.63, 3.8) is 0 Å². The number of nitrogens with one attached hydrogen (secondary N) is 2. The van der Waals surface area contributed by atoms with E-state index in [1.165, 1.54) is 0 Å². The predicted octanol–water partition coefficient (Wildman–Crippen LogP) is 2.60. The van der Waals surface area contributed by atoms with E-state index in [4.69, 9.17) is 0 Å². The first-order valence-electron chi connectivity index (χ1n) is 5.50. The number of nitro groups is 1. The minimum atomic E-state index is -0.331. The fourth-order valence-corrected chi connectivity index (χ4v) is 1.64. The van der Waals surface area contributed by atoms with Crippen LogP contribution in [0.2, 0.25) is 0 Å². The van der Waals surface area contributed by atoms with E-state index in [-0.39, 0.29) is 10.6 Å². The van der Waals surface area contributed by atoms with Crippen LogP contribution in [0.15, 0.2) is 18.2 Å². The molecular weight excluding hydrogens is 206 g/mol. The molecule has 0 atom stereocenters. The molecule has 1 fully saturated rings. The van der Waals surface area contributed by atoms with Gasteiger partial charge in [0.25, 0.3) is 0 Å². The van der Waals surface area contributed by atoms with Crippen molar-refractivity contribution in [1.82, 2.24) is 0 Å². The van der Waals surface area contributed by atoms with Crippen LogP contribution in [0, 0.1) is 10.1 Å². The first kappa shape index (κ1) is 10.7. The van der Waals surface area contributed by atoms with E-state index in [1.54, 1.807) is 12.1 Å². The van der Waals surface area contributed by atoms with Gasteiger partial charge in [-0.1, -0.05) is 6.07 Å². The summed E-state index contributed by atoms with van der Waals surface area (Å²) in [7, 11) is 0. The van der Waals surface area contributed by atoms with E-state index >= 15 is 0 Å². The molecule has 0 aliphatic heterocycles. The second-order valence-electron chi connectivity index (χ2n) is 3.91. The summed E-state index contributed by atoms with van der Waals surface area (Å²) in [6, 6.07) is 5.74. The first-order chi connectivity index (χ1) is 7.72. The van der Waals surface area contributed by atoms with Crippen molar-refractivity contribution >= 4 is 17.1 Å². The molecule has 1 aromatic rings. The normalized spacial score (nSPS) is 14.6. The lowest BCUT2D eigenvalue weighted by Crippen LogP contribution is -2.07. The maximum Gasteiger partial charge on any atom is 0.315 e. The molecule has 16 heavy (non-hydrogen) atoms. The number of benzene rings is 1. The highest BCUT2D eigenvalue weighted by Gasteiger charge is 2.26. The minimum absolute atomic E-state index is 0.149. The fourth-order valence-electron chi connectivity index (χ4n) is 1.64. The van der Waals surface area contributed by atoms with Crippen LogP contribution in [-0.4, -0.2) is 17.5 Å². The second kappa shape index (κ2) is 4.38. The van der Waals surface area contributed by atoms with Crippen molar-refractivity contribution in [2.24, 2.45) is 0 Å². The lowest BCUT2D eigenvalue weighted by Gasteiger charge is -2.09. The van der Waals surface area contributed by atoms with Gasteiger partial charge in [0.15, 0.2) is 0 Å². The average molecular weight is 221 g/mol. The molecule has 0 spiro atoms. The molecule has 5 heteroatoms. The van der Waals surface area contributed by atoms with Gasteiger partial charge in [0.1, 0.15) is 11.4 Å². The minimum Gasteiger partial charge on any atom is -0.380 e. The molecule has 0 heterocycles. The zero-order chi connectivity index (χ0) is 11.5. The van der Waals surface area contributed by atoms with Gasteiger partial charge in [-0.2, -0.15) is 0 Å². The van der Waals surface area contributed by atoms with E-state index in [2.05, 4.69) is 10.6 Å². The molecule has 0 bridgehead atoms. The van der Waals surface area contributed by atoms with Gasteiger partial charge in [-0.3, -0.25) is 10.1 Å². The molecule has 86 valence electrons. The van der Waals surface area contributed by atoms with Crippen LogP contribution >= 0.6 is 0 Å². The van der Waals surface area contributed by atoms with Gasteiger partial charge in [-0.25, -0.2) is 0 Å². The maximum absolute atomic E-state index is 11.0. The Morgan fingerprint density at radius 2 is 2.12 bits per heavy atom. The Morgan fingerprint density at radius 1 is 1.44 bits per heavy atom. The number of hydrogen-bond acceptors (Lipinski definition) is 4. The predicted molar refractivity (Wildman–Crippen MR) is 63.9 cm³/mol. The summed E-state index contributed by atoms with van der Waals surface area (Å²) < 4.78 is 0. The lowest BCUT2D eigenvalue weighted by atomic mass is 10.2. The standard InChI is InChI=1S/C11H15N3O2/c1-2-12-9-4-3-5-10(11(9)14(15)16)13-8-6-7-8/h3-5,8,12-13H,2,6-7H2,1H3. The third-order valence-electron chi connectivity index (χ3n) is 2.52. The Hall–Kier alpha value is -1.78. The molecule has 0 saturated heterocycles. The Labute approximate surface area is 94.0 Å². The van der Waals surface area contributed by atoms with E-state index in [0.717, 1.165) is 12.8 Å². The Kier molecular flexibility index (Phi) is 2.94. The van der Waals surface area contributed by atoms with Crippen molar-refractivity contribution in [1.29, 1.82) is 0 Å². The zero-order valence-corrected chi connectivity index (χ0v) is 9.19. The first-order valence-corrected chi connectivity index (χ1v) is 5.50. The number of para-hydroxylation sites is 1.